The third-order valence-electron chi connectivity index (χ3n) is 9.62. The second-order valence-corrected chi connectivity index (χ2v) is 11.6. The first-order valence-corrected chi connectivity index (χ1v) is 15.7. The quantitative estimate of drug-likeness (QED) is 0.189. The number of methoxy groups -OCH3 is 6. The van der Waals surface area contributed by atoms with E-state index in [1.54, 1.807) is 42.7 Å². The molecule has 4 atom stereocenters. The molecule has 0 radical (unpaired) electrons. The van der Waals surface area contributed by atoms with E-state index in [4.69, 9.17) is 28.4 Å². The Labute approximate surface area is 268 Å². The summed E-state index contributed by atoms with van der Waals surface area (Å²) in [5.74, 6) is 5.48. The van der Waals surface area contributed by atoms with Gasteiger partial charge in [-0.2, -0.15) is 0 Å². The fraction of sp³-hybridized carbons (Fsp3) is 0.385. The monoisotopic (exact) mass is 610 g/mol. The lowest BCUT2D eigenvalue weighted by Gasteiger charge is -2.25. The van der Waals surface area contributed by atoms with Crippen molar-refractivity contribution in [2.45, 2.75) is 50.9 Å². The summed E-state index contributed by atoms with van der Waals surface area (Å²) in [5, 5.41) is 0. The number of benzene rings is 4. The van der Waals surface area contributed by atoms with E-state index >= 15 is 0 Å². The summed E-state index contributed by atoms with van der Waals surface area (Å²) >= 11 is 0. The topological polar surface area (TPSA) is 55.4 Å². The van der Waals surface area contributed by atoms with Crippen LogP contribution in [0, 0.1) is 5.92 Å². The SMILES string of the molecule is CCC1c2c(OC)cc(OC)c(OC)c2C(c2cc(OC)c(OC)cc2OC)C1C.c1ccc(C2CCc3ccccc32)cc1. The molecule has 0 heterocycles. The van der Waals surface area contributed by atoms with Crippen molar-refractivity contribution in [2.75, 3.05) is 42.7 Å². The number of hydrogen-bond acceptors (Lipinski definition) is 6. The van der Waals surface area contributed by atoms with Gasteiger partial charge in [0.15, 0.2) is 23.0 Å². The molecule has 45 heavy (non-hydrogen) atoms. The summed E-state index contributed by atoms with van der Waals surface area (Å²) in [5.41, 5.74) is 7.80. The molecule has 4 unspecified atom stereocenters. The molecule has 6 heteroatoms. The smallest absolute Gasteiger partial charge is 0.165 e. The van der Waals surface area contributed by atoms with Crippen molar-refractivity contribution in [1.82, 2.24) is 0 Å². The van der Waals surface area contributed by atoms with Crippen molar-refractivity contribution in [3.63, 3.8) is 0 Å². The highest BCUT2D eigenvalue weighted by Gasteiger charge is 2.44. The van der Waals surface area contributed by atoms with Gasteiger partial charge in [0, 0.05) is 40.7 Å². The normalized spacial score (nSPS) is 19.5. The minimum atomic E-state index is 0.0126. The van der Waals surface area contributed by atoms with Gasteiger partial charge < -0.3 is 28.4 Å². The van der Waals surface area contributed by atoms with Gasteiger partial charge in [-0.05, 0) is 53.9 Å². The maximum atomic E-state index is 5.87. The van der Waals surface area contributed by atoms with Gasteiger partial charge in [-0.15, -0.1) is 0 Å². The van der Waals surface area contributed by atoms with Gasteiger partial charge in [0.05, 0.1) is 42.7 Å². The van der Waals surface area contributed by atoms with E-state index in [1.807, 2.05) is 18.2 Å². The van der Waals surface area contributed by atoms with Crippen molar-refractivity contribution in [3.05, 3.63) is 106 Å². The van der Waals surface area contributed by atoms with Crippen molar-refractivity contribution in [2.24, 2.45) is 5.92 Å². The van der Waals surface area contributed by atoms with Crippen LogP contribution in [-0.2, 0) is 6.42 Å². The van der Waals surface area contributed by atoms with Crippen LogP contribution in [0.15, 0.2) is 72.8 Å². The zero-order valence-corrected chi connectivity index (χ0v) is 27.8. The summed E-state index contributed by atoms with van der Waals surface area (Å²) in [6.07, 6.45) is 3.48. The Morgan fingerprint density at radius 2 is 1.20 bits per heavy atom. The van der Waals surface area contributed by atoms with Crippen molar-refractivity contribution >= 4 is 0 Å². The summed E-state index contributed by atoms with van der Waals surface area (Å²) in [6.45, 7) is 4.47. The highest BCUT2D eigenvalue weighted by Crippen LogP contribution is 2.60. The molecule has 0 saturated carbocycles. The standard InChI is InChI=1S/C24H32O6.C15H14/c1-9-14-13(2)21(15-10-17(26-4)18(27-5)11-16(15)25-3)23-22(14)19(28-6)12-20(29-7)24(23)30-8;1-2-6-12(7-3-1)15-11-10-13-8-4-5-9-14(13)15/h10-14,21H,9H2,1-8H3;1-9,15H,10-11H2. The minimum Gasteiger partial charge on any atom is -0.496 e. The second-order valence-electron chi connectivity index (χ2n) is 11.6. The number of aryl methyl sites for hydroxylation is 1. The van der Waals surface area contributed by atoms with Crippen LogP contribution in [0.5, 0.6) is 34.5 Å². The second kappa shape index (κ2) is 14.2. The number of rotatable bonds is 9. The van der Waals surface area contributed by atoms with Gasteiger partial charge in [0.1, 0.15) is 11.5 Å². The Balaban J connectivity index is 0.000000220. The number of fused-ring (bicyclic) bond motifs is 2. The molecule has 0 bridgehead atoms. The van der Waals surface area contributed by atoms with Crippen LogP contribution in [0.3, 0.4) is 0 Å². The molecule has 6 nitrogen and oxygen atoms in total. The maximum absolute atomic E-state index is 5.87. The summed E-state index contributed by atoms with van der Waals surface area (Å²) in [6, 6.07) is 25.5. The highest BCUT2D eigenvalue weighted by molar-refractivity contribution is 5.67. The molecule has 0 fully saturated rings. The van der Waals surface area contributed by atoms with E-state index in [2.05, 4.69) is 68.4 Å². The largest absolute Gasteiger partial charge is 0.496 e. The summed E-state index contributed by atoms with van der Waals surface area (Å²) in [4.78, 5) is 0. The summed E-state index contributed by atoms with van der Waals surface area (Å²) < 4.78 is 34.2. The highest BCUT2D eigenvalue weighted by atomic mass is 16.5. The zero-order valence-electron chi connectivity index (χ0n) is 27.8. The molecule has 0 aliphatic heterocycles. The van der Waals surface area contributed by atoms with Crippen LogP contribution in [-0.4, -0.2) is 42.7 Å². The Morgan fingerprint density at radius 3 is 1.82 bits per heavy atom. The first-order chi connectivity index (χ1) is 22.0. The Bertz CT molecular complexity index is 1600. The molecular formula is C39H46O6. The molecule has 0 amide bonds. The first kappa shape index (κ1) is 32.1. The molecule has 2 aliphatic carbocycles. The molecule has 0 N–H and O–H groups in total. The molecule has 4 aromatic rings. The average molecular weight is 611 g/mol. The third-order valence-corrected chi connectivity index (χ3v) is 9.62. The molecule has 4 aromatic carbocycles. The van der Waals surface area contributed by atoms with Crippen LogP contribution in [0.25, 0.3) is 0 Å². The van der Waals surface area contributed by atoms with Gasteiger partial charge in [0.25, 0.3) is 0 Å². The minimum absolute atomic E-state index is 0.0126. The predicted octanol–water partition coefficient (Wildman–Crippen LogP) is 8.78. The van der Waals surface area contributed by atoms with Crippen LogP contribution in [0.4, 0.5) is 0 Å². The van der Waals surface area contributed by atoms with E-state index in [1.165, 1.54) is 35.1 Å². The first-order valence-electron chi connectivity index (χ1n) is 15.7. The Hall–Kier alpha value is -4.32. The lowest BCUT2D eigenvalue weighted by atomic mass is 9.82. The van der Waals surface area contributed by atoms with E-state index in [-0.39, 0.29) is 11.8 Å². The molecule has 6 rings (SSSR count). The zero-order chi connectivity index (χ0) is 32.1. The number of hydrogen-bond donors (Lipinski definition) is 0. The molecule has 0 spiro atoms. The third kappa shape index (κ3) is 5.90. The fourth-order valence-corrected chi connectivity index (χ4v) is 7.53. The molecule has 0 aromatic heterocycles. The van der Waals surface area contributed by atoms with E-state index in [0.29, 0.717) is 29.1 Å². The van der Waals surface area contributed by atoms with E-state index < -0.39 is 0 Å². The molecule has 238 valence electrons. The van der Waals surface area contributed by atoms with Crippen molar-refractivity contribution in [1.29, 1.82) is 0 Å². The number of ether oxygens (including phenoxy) is 6. The maximum Gasteiger partial charge on any atom is 0.165 e. The Kier molecular flexibility index (Phi) is 10.1. The fourth-order valence-electron chi connectivity index (χ4n) is 7.53. The lowest BCUT2D eigenvalue weighted by molar-refractivity contribution is 0.340. The van der Waals surface area contributed by atoms with Crippen LogP contribution >= 0.6 is 0 Å². The van der Waals surface area contributed by atoms with Crippen LogP contribution in [0.2, 0.25) is 0 Å². The van der Waals surface area contributed by atoms with Crippen molar-refractivity contribution < 1.29 is 28.4 Å². The van der Waals surface area contributed by atoms with Crippen LogP contribution in [0.1, 0.15) is 77.8 Å². The predicted molar refractivity (Wildman–Crippen MR) is 179 cm³/mol. The van der Waals surface area contributed by atoms with Gasteiger partial charge >= 0.3 is 0 Å². The van der Waals surface area contributed by atoms with E-state index in [9.17, 15) is 0 Å². The van der Waals surface area contributed by atoms with Gasteiger partial charge in [0.2, 0.25) is 0 Å². The molecular weight excluding hydrogens is 564 g/mol. The average Bonchev–Trinajstić information content (AvgIpc) is 3.66. The van der Waals surface area contributed by atoms with Crippen molar-refractivity contribution in [3.8, 4) is 34.5 Å². The lowest BCUT2D eigenvalue weighted by Crippen LogP contribution is -2.11. The molecule has 0 saturated heterocycles. The Morgan fingerprint density at radius 1 is 0.600 bits per heavy atom. The van der Waals surface area contributed by atoms with Crippen LogP contribution < -0.4 is 28.4 Å². The molecule has 2 aliphatic rings. The van der Waals surface area contributed by atoms with Gasteiger partial charge in [-0.1, -0.05) is 68.4 Å². The van der Waals surface area contributed by atoms with E-state index in [0.717, 1.165) is 34.8 Å². The van der Waals surface area contributed by atoms with Gasteiger partial charge in [-0.25, -0.2) is 0 Å². The summed E-state index contributed by atoms with van der Waals surface area (Å²) in [7, 11) is 9.95. The van der Waals surface area contributed by atoms with Gasteiger partial charge in [-0.3, -0.25) is 0 Å².